The van der Waals surface area contributed by atoms with Crippen LogP contribution in [0.3, 0.4) is 0 Å². The summed E-state index contributed by atoms with van der Waals surface area (Å²) in [5, 5.41) is 10.4. The Bertz CT molecular complexity index is 489. The molecule has 0 saturated heterocycles. The molecule has 4 aliphatic carbocycles. The van der Waals surface area contributed by atoms with Gasteiger partial charge >= 0.3 is 0 Å². The highest BCUT2D eigenvalue weighted by atomic mass is 16.3. The standard InChI is InChI=1S/C18H24O/c1-10-3-4-16(19)17(11(10)2)18-14-6-12-5-13(8-14)9-15(18)7-12/h3-4,12-15,18-19H,5-9H2,1-2H3. The molecule has 4 saturated carbocycles. The van der Waals surface area contributed by atoms with E-state index in [1.54, 1.807) is 0 Å². The molecule has 1 aromatic carbocycles. The molecule has 4 bridgehead atoms. The quantitative estimate of drug-likeness (QED) is 0.781. The smallest absolute Gasteiger partial charge is 0.119 e. The van der Waals surface area contributed by atoms with Crippen molar-refractivity contribution in [1.82, 2.24) is 0 Å². The second kappa shape index (κ2) is 4.01. The first kappa shape index (κ1) is 11.8. The van der Waals surface area contributed by atoms with Gasteiger partial charge in [-0.25, -0.2) is 0 Å². The van der Waals surface area contributed by atoms with Crippen molar-refractivity contribution < 1.29 is 5.11 Å². The number of phenolic OH excluding ortho intramolecular Hbond substituents is 1. The van der Waals surface area contributed by atoms with Gasteiger partial charge in [0.2, 0.25) is 0 Å². The minimum absolute atomic E-state index is 0.556. The molecule has 4 fully saturated rings. The van der Waals surface area contributed by atoms with Crippen molar-refractivity contribution in [2.24, 2.45) is 23.7 Å². The molecule has 0 aliphatic heterocycles. The average molecular weight is 256 g/mol. The summed E-state index contributed by atoms with van der Waals surface area (Å²) in [4.78, 5) is 0. The van der Waals surface area contributed by atoms with Crippen molar-refractivity contribution in [1.29, 1.82) is 0 Å². The molecule has 1 heteroatoms. The Morgan fingerprint density at radius 2 is 1.47 bits per heavy atom. The summed E-state index contributed by atoms with van der Waals surface area (Å²) in [6.07, 6.45) is 7.18. The van der Waals surface area contributed by atoms with Gasteiger partial charge in [0, 0.05) is 5.56 Å². The minimum Gasteiger partial charge on any atom is -0.508 e. The van der Waals surface area contributed by atoms with E-state index in [4.69, 9.17) is 0 Å². The van der Waals surface area contributed by atoms with Crippen LogP contribution in [0.2, 0.25) is 0 Å². The number of aryl methyl sites for hydroxylation is 1. The van der Waals surface area contributed by atoms with Crippen LogP contribution in [0.15, 0.2) is 12.1 Å². The van der Waals surface area contributed by atoms with Crippen molar-refractivity contribution >= 4 is 0 Å². The topological polar surface area (TPSA) is 20.2 Å². The van der Waals surface area contributed by atoms with Gasteiger partial charge in [-0.2, -0.15) is 0 Å². The molecular formula is C18H24O. The molecular weight excluding hydrogens is 232 g/mol. The van der Waals surface area contributed by atoms with Gasteiger partial charge in [0.1, 0.15) is 5.75 Å². The van der Waals surface area contributed by atoms with Crippen LogP contribution in [0.4, 0.5) is 0 Å². The molecule has 0 spiro atoms. The highest BCUT2D eigenvalue weighted by Crippen LogP contribution is 2.61. The monoisotopic (exact) mass is 256 g/mol. The Labute approximate surface area is 116 Å². The van der Waals surface area contributed by atoms with Crippen molar-refractivity contribution in [3.05, 3.63) is 28.8 Å². The Hall–Kier alpha value is -0.980. The molecule has 1 aromatic rings. The largest absolute Gasteiger partial charge is 0.508 e. The van der Waals surface area contributed by atoms with Crippen LogP contribution in [-0.2, 0) is 0 Å². The third kappa shape index (κ3) is 1.67. The van der Waals surface area contributed by atoms with Gasteiger partial charge in [0.15, 0.2) is 0 Å². The van der Waals surface area contributed by atoms with E-state index >= 15 is 0 Å². The Kier molecular flexibility index (Phi) is 2.49. The molecule has 0 amide bonds. The number of hydrogen-bond acceptors (Lipinski definition) is 1. The maximum atomic E-state index is 10.4. The van der Waals surface area contributed by atoms with Crippen LogP contribution < -0.4 is 0 Å². The third-order valence-electron chi connectivity index (χ3n) is 6.32. The fraction of sp³-hybridized carbons (Fsp3) is 0.667. The van der Waals surface area contributed by atoms with Gasteiger partial charge in [0.25, 0.3) is 0 Å². The number of rotatable bonds is 1. The Balaban J connectivity index is 1.79. The van der Waals surface area contributed by atoms with Crippen LogP contribution in [0.5, 0.6) is 5.75 Å². The lowest BCUT2D eigenvalue weighted by molar-refractivity contribution is -0.00369. The number of benzene rings is 1. The van der Waals surface area contributed by atoms with Crippen LogP contribution in [0.25, 0.3) is 0 Å². The lowest BCUT2D eigenvalue weighted by Crippen LogP contribution is -2.44. The second-order valence-electron chi connectivity index (χ2n) is 7.40. The average Bonchev–Trinajstić information content (AvgIpc) is 2.36. The highest BCUT2D eigenvalue weighted by molar-refractivity contribution is 5.46. The summed E-state index contributed by atoms with van der Waals surface area (Å²) in [7, 11) is 0. The first-order chi connectivity index (χ1) is 9.13. The van der Waals surface area contributed by atoms with Crippen molar-refractivity contribution in [2.45, 2.75) is 51.9 Å². The van der Waals surface area contributed by atoms with Gasteiger partial charge in [0.05, 0.1) is 0 Å². The summed E-state index contributed by atoms with van der Waals surface area (Å²) in [5.74, 6) is 4.91. The van der Waals surface area contributed by atoms with E-state index in [0.29, 0.717) is 11.7 Å². The summed E-state index contributed by atoms with van der Waals surface area (Å²) < 4.78 is 0. The zero-order valence-electron chi connectivity index (χ0n) is 12.0. The van der Waals surface area contributed by atoms with Crippen molar-refractivity contribution in [3.8, 4) is 5.75 Å². The Morgan fingerprint density at radius 3 is 2.05 bits per heavy atom. The van der Waals surface area contributed by atoms with Gasteiger partial charge in [-0.1, -0.05) is 6.07 Å². The van der Waals surface area contributed by atoms with E-state index in [9.17, 15) is 5.11 Å². The zero-order chi connectivity index (χ0) is 13.1. The van der Waals surface area contributed by atoms with E-state index in [1.165, 1.54) is 48.8 Å². The predicted octanol–water partition coefficient (Wildman–Crippen LogP) is 4.55. The van der Waals surface area contributed by atoms with Crippen LogP contribution in [0, 0.1) is 37.5 Å². The molecule has 5 rings (SSSR count). The predicted molar refractivity (Wildman–Crippen MR) is 77.4 cm³/mol. The van der Waals surface area contributed by atoms with E-state index in [2.05, 4.69) is 19.9 Å². The minimum atomic E-state index is 0.556. The summed E-state index contributed by atoms with van der Waals surface area (Å²) >= 11 is 0. The Morgan fingerprint density at radius 1 is 0.895 bits per heavy atom. The summed E-state index contributed by atoms with van der Waals surface area (Å²) in [6.45, 7) is 4.38. The molecule has 0 radical (unpaired) electrons. The maximum Gasteiger partial charge on any atom is 0.119 e. The van der Waals surface area contributed by atoms with Gasteiger partial charge < -0.3 is 5.11 Å². The van der Waals surface area contributed by atoms with Gasteiger partial charge in [-0.05, 0) is 92.7 Å². The molecule has 4 aliphatic rings. The highest BCUT2D eigenvalue weighted by Gasteiger charge is 2.49. The van der Waals surface area contributed by atoms with Crippen molar-refractivity contribution in [3.63, 3.8) is 0 Å². The van der Waals surface area contributed by atoms with Crippen molar-refractivity contribution in [2.75, 3.05) is 0 Å². The summed E-state index contributed by atoms with van der Waals surface area (Å²) in [6, 6.07) is 3.98. The van der Waals surface area contributed by atoms with Crippen LogP contribution >= 0.6 is 0 Å². The van der Waals surface area contributed by atoms with E-state index in [0.717, 1.165) is 23.7 Å². The SMILES string of the molecule is Cc1ccc(O)c(C2C3CC4CC(C3)CC2C4)c1C. The number of phenols is 1. The molecule has 19 heavy (non-hydrogen) atoms. The molecule has 102 valence electrons. The molecule has 1 N–H and O–H groups in total. The van der Waals surface area contributed by atoms with E-state index in [1.807, 2.05) is 6.07 Å². The molecule has 1 nitrogen and oxygen atoms in total. The first-order valence-corrected chi connectivity index (χ1v) is 7.92. The maximum absolute atomic E-state index is 10.4. The normalized spacial score (nSPS) is 39.8. The van der Waals surface area contributed by atoms with Gasteiger partial charge in [-0.15, -0.1) is 0 Å². The fourth-order valence-electron chi connectivity index (χ4n) is 5.64. The molecule has 0 heterocycles. The lowest BCUT2D eigenvalue weighted by atomic mass is 9.50. The van der Waals surface area contributed by atoms with Gasteiger partial charge in [-0.3, -0.25) is 0 Å². The van der Waals surface area contributed by atoms with Crippen LogP contribution in [-0.4, -0.2) is 5.11 Å². The lowest BCUT2D eigenvalue weighted by Gasteiger charge is -2.55. The van der Waals surface area contributed by atoms with E-state index < -0.39 is 0 Å². The first-order valence-electron chi connectivity index (χ1n) is 7.92. The molecule has 0 atom stereocenters. The summed E-state index contributed by atoms with van der Waals surface area (Å²) in [5.41, 5.74) is 3.98. The molecule has 0 unspecified atom stereocenters. The third-order valence-corrected chi connectivity index (χ3v) is 6.32. The van der Waals surface area contributed by atoms with E-state index in [-0.39, 0.29) is 0 Å². The molecule has 0 aromatic heterocycles. The van der Waals surface area contributed by atoms with Crippen LogP contribution in [0.1, 0.15) is 54.7 Å². The fourth-order valence-corrected chi connectivity index (χ4v) is 5.64. The number of hydrogen-bond donors (Lipinski definition) is 1. The zero-order valence-corrected chi connectivity index (χ0v) is 12.0. The number of aromatic hydroxyl groups is 1. The second-order valence-corrected chi connectivity index (χ2v) is 7.40.